The van der Waals surface area contributed by atoms with E-state index < -0.39 is 52.4 Å². The zero-order valence-electron chi connectivity index (χ0n) is 31.9. The fraction of sp³-hybridized carbons (Fsp3) is 0.182. The van der Waals surface area contributed by atoms with Gasteiger partial charge in [0, 0.05) is 46.5 Å². The number of benzene rings is 4. The summed E-state index contributed by atoms with van der Waals surface area (Å²) < 4.78 is 39.1. The first-order valence-electron chi connectivity index (χ1n) is 18.9. The number of likely N-dealkylation sites (tertiary alicyclic amines) is 1. The maximum atomic E-state index is 14.3. The second-order valence-corrected chi connectivity index (χ2v) is 16.3. The fourth-order valence-electron chi connectivity index (χ4n) is 7.54. The molecule has 0 saturated carbocycles. The number of rotatable bonds is 12. The maximum absolute atomic E-state index is 14.3. The number of carboxylic acids is 1. The van der Waals surface area contributed by atoms with E-state index in [1.54, 1.807) is 0 Å². The third-order valence-corrected chi connectivity index (χ3v) is 12.5. The lowest BCUT2D eigenvalue weighted by molar-refractivity contribution is -0.150. The molecule has 3 aliphatic rings. The normalized spacial score (nSPS) is 18.9. The number of thiazole rings is 1. The highest BCUT2D eigenvalue weighted by atomic mass is 32.2. The molecule has 4 N–H and O–H groups in total. The molecular weight excluding hydrogens is 830 g/mol. The quantitative estimate of drug-likeness (QED) is 0.0414. The monoisotopic (exact) mass is 864 g/mol. The topological polar surface area (TPSA) is 168 Å². The van der Waals surface area contributed by atoms with Gasteiger partial charge in [-0.1, -0.05) is 108 Å². The van der Waals surface area contributed by atoms with E-state index in [1.165, 1.54) is 40.3 Å². The van der Waals surface area contributed by atoms with Crippen LogP contribution in [0.1, 0.15) is 39.9 Å². The van der Waals surface area contributed by atoms with Crippen LogP contribution in [0, 0.1) is 0 Å². The number of aromatic nitrogens is 1. The number of halogens is 3. The number of oxime groups is 1. The Kier molecular flexibility index (Phi) is 11.3. The molecule has 0 unspecified atom stereocenters. The highest BCUT2D eigenvalue weighted by Crippen LogP contribution is 2.43. The lowest BCUT2D eigenvalue weighted by Crippen LogP contribution is -2.71. The Hall–Kier alpha value is -6.72. The summed E-state index contributed by atoms with van der Waals surface area (Å²) in [5, 5.41) is 18.4. The van der Waals surface area contributed by atoms with Crippen molar-refractivity contribution in [3.05, 3.63) is 177 Å². The number of amides is 3. The van der Waals surface area contributed by atoms with Gasteiger partial charge in [0.25, 0.3) is 11.8 Å². The van der Waals surface area contributed by atoms with Gasteiger partial charge in [0.05, 0.1) is 5.56 Å². The fourth-order valence-corrected chi connectivity index (χ4v) is 9.39. The Morgan fingerprint density at radius 1 is 0.902 bits per heavy atom. The summed E-state index contributed by atoms with van der Waals surface area (Å²) in [6.45, 7) is 0.340. The highest BCUT2D eigenvalue weighted by molar-refractivity contribution is 8.00. The largest absolute Gasteiger partial charge is 0.477 e. The lowest BCUT2D eigenvalue weighted by atomic mass is 9.80. The molecule has 2 saturated heterocycles. The first-order chi connectivity index (χ1) is 29.3. The van der Waals surface area contributed by atoms with E-state index in [1.807, 2.05) is 91.0 Å². The molecular formula is C44H35F3N6O6S2. The predicted molar refractivity (Wildman–Crippen MR) is 223 cm³/mol. The standard InChI is InChI=1S/C44H35F3N6O6S2/c45-44(46,47)32-18-16-26(17-19-32)23-52-21-20-27(38(52)55)22-28-24-60-40-35(39(56)53(40)36(28)41(57)58)50-37(54)34(33-25-61-42(48)49-33)51-59-43(29-10-4-1-5-11-29,30-12-6-2-7-13-30)31-14-8-3-9-15-31/h1-19,22,25,35,40H,20-21,23-24H2,(H2,48,49)(H,50,54)(H,57,58)/b27-22+,51-34-/t35-,40-/m1/s1. The molecule has 61 heavy (non-hydrogen) atoms. The van der Waals surface area contributed by atoms with E-state index in [9.17, 15) is 37.5 Å². The number of hydrogen-bond donors (Lipinski definition) is 3. The zero-order chi connectivity index (χ0) is 42.9. The first kappa shape index (κ1) is 41.0. The maximum Gasteiger partial charge on any atom is 0.416 e. The van der Waals surface area contributed by atoms with E-state index in [0.29, 0.717) is 27.8 Å². The predicted octanol–water partition coefficient (Wildman–Crippen LogP) is 6.55. The second kappa shape index (κ2) is 16.7. The van der Waals surface area contributed by atoms with Crippen LogP contribution in [-0.2, 0) is 42.3 Å². The summed E-state index contributed by atoms with van der Waals surface area (Å²) >= 11 is 2.29. The number of aliphatic carboxylic acids is 1. The Morgan fingerprint density at radius 3 is 2.02 bits per heavy atom. The van der Waals surface area contributed by atoms with Crippen LogP contribution >= 0.6 is 23.1 Å². The highest BCUT2D eigenvalue weighted by Gasteiger charge is 2.54. The van der Waals surface area contributed by atoms with Crippen molar-refractivity contribution >= 4 is 57.6 Å². The van der Waals surface area contributed by atoms with E-state index in [0.717, 1.165) is 28.4 Å². The van der Waals surface area contributed by atoms with Gasteiger partial charge >= 0.3 is 12.1 Å². The van der Waals surface area contributed by atoms with Gasteiger partial charge in [-0.05, 0) is 35.8 Å². The molecule has 0 aliphatic carbocycles. The van der Waals surface area contributed by atoms with Crippen molar-refractivity contribution in [1.82, 2.24) is 20.1 Å². The van der Waals surface area contributed by atoms with Gasteiger partial charge in [-0.15, -0.1) is 23.1 Å². The average molecular weight is 865 g/mol. The molecule has 4 heterocycles. The van der Waals surface area contributed by atoms with Crippen LogP contribution in [0.25, 0.3) is 0 Å². The third kappa shape index (κ3) is 8.01. The minimum atomic E-state index is -4.49. The molecule has 5 aromatic rings. The average Bonchev–Trinajstić information content (AvgIpc) is 3.85. The number of nitrogens with one attached hydrogen (secondary N) is 1. The van der Waals surface area contributed by atoms with Crippen LogP contribution in [0.2, 0.25) is 0 Å². The van der Waals surface area contributed by atoms with Gasteiger partial charge in [-0.3, -0.25) is 19.3 Å². The van der Waals surface area contributed by atoms with Crippen molar-refractivity contribution in [2.45, 2.75) is 36.2 Å². The summed E-state index contributed by atoms with van der Waals surface area (Å²) in [5.41, 5.74) is 6.52. The third-order valence-electron chi connectivity index (χ3n) is 10.5. The first-order valence-corrected chi connectivity index (χ1v) is 20.8. The van der Waals surface area contributed by atoms with Crippen LogP contribution < -0.4 is 11.1 Å². The summed E-state index contributed by atoms with van der Waals surface area (Å²) in [5.74, 6) is -3.19. The van der Waals surface area contributed by atoms with Crippen molar-refractivity contribution in [1.29, 1.82) is 0 Å². The molecule has 1 aromatic heterocycles. The van der Waals surface area contributed by atoms with Crippen molar-refractivity contribution in [2.75, 3.05) is 18.0 Å². The molecule has 4 aromatic carbocycles. The summed E-state index contributed by atoms with van der Waals surface area (Å²) in [6.07, 6.45) is -2.75. The van der Waals surface area contributed by atoms with Gasteiger partial charge in [-0.2, -0.15) is 13.2 Å². The number of alkyl halides is 3. The van der Waals surface area contributed by atoms with Gasteiger partial charge in [0.2, 0.25) is 11.5 Å². The van der Waals surface area contributed by atoms with Gasteiger partial charge in [0.15, 0.2) is 10.8 Å². The minimum absolute atomic E-state index is 0.0670. The molecule has 3 aliphatic heterocycles. The Balaban J connectivity index is 1.05. The van der Waals surface area contributed by atoms with Crippen molar-refractivity contribution in [2.24, 2.45) is 5.16 Å². The number of fused-ring (bicyclic) bond motifs is 1. The summed E-state index contributed by atoms with van der Waals surface area (Å²) in [7, 11) is 0. The van der Waals surface area contributed by atoms with E-state index >= 15 is 0 Å². The van der Waals surface area contributed by atoms with E-state index in [2.05, 4.69) is 15.5 Å². The number of nitrogens with two attached hydrogens (primary N) is 1. The molecule has 12 nitrogen and oxygen atoms in total. The number of hydrogen-bond acceptors (Lipinski definition) is 10. The number of allylic oxidation sites excluding steroid dienone is 1. The smallest absolute Gasteiger partial charge is 0.416 e. The van der Waals surface area contributed by atoms with E-state index in [-0.39, 0.29) is 53.1 Å². The van der Waals surface area contributed by atoms with Crippen LogP contribution in [0.15, 0.2) is 149 Å². The van der Waals surface area contributed by atoms with E-state index in [4.69, 9.17) is 10.6 Å². The van der Waals surface area contributed by atoms with Crippen molar-refractivity contribution in [3.63, 3.8) is 0 Å². The molecule has 310 valence electrons. The minimum Gasteiger partial charge on any atom is -0.477 e. The number of carboxylic acid groups (broad SMARTS) is 1. The zero-order valence-corrected chi connectivity index (χ0v) is 33.5. The number of carbonyl (C=O) groups excluding carboxylic acids is 3. The van der Waals surface area contributed by atoms with Crippen LogP contribution in [0.3, 0.4) is 0 Å². The van der Waals surface area contributed by atoms with Crippen LogP contribution in [0.4, 0.5) is 18.3 Å². The summed E-state index contributed by atoms with van der Waals surface area (Å²) in [4.78, 5) is 67.6. The molecule has 2 fully saturated rings. The number of anilines is 1. The molecule has 2 atom stereocenters. The summed E-state index contributed by atoms with van der Waals surface area (Å²) in [6, 6.07) is 31.5. The number of β-lactam (4-membered cyclic amide) rings is 1. The second-order valence-electron chi connectivity index (χ2n) is 14.3. The number of nitrogen functional groups attached to an aromatic ring is 1. The molecule has 0 spiro atoms. The van der Waals surface area contributed by atoms with Gasteiger partial charge in [-0.25, -0.2) is 9.78 Å². The molecule has 0 bridgehead atoms. The molecule has 0 radical (unpaired) electrons. The van der Waals surface area contributed by atoms with Crippen molar-refractivity contribution in [3.8, 4) is 0 Å². The van der Waals surface area contributed by atoms with Gasteiger partial charge in [0.1, 0.15) is 22.8 Å². The molecule has 17 heteroatoms. The Bertz CT molecular complexity index is 2490. The SMILES string of the molecule is Nc1nc(/C(=N/OC(c2ccccc2)(c2ccccc2)c2ccccc2)C(=O)N[C@@H]2C(=O)N3C(C(=O)O)=C(/C=C4\CCN(Cc5ccc(C(F)(F)F)cc5)C4=O)CS[C@H]23)cs1. The van der Waals surface area contributed by atoms with Crippen LogP contribution in [-0.4, -0.2) is 73.0 Å². The Labute approximate surface area is 355 Å². The number of thioether (sulfide) groups is 1. The molecule has 3 amide bonds. The number of nitrogens with zero attached hydrogens (tertiary/aromatic N) is 4. The number of carbonyl (C=O) groups is 4. The van der Waals surface area contributed by atoms with Gasteiger partial charge < -0.3 is 25.9 Å². The lowest BCUT2D eigenvalue weighted by Gasteiger charge is -2.49. The molecule has 8 rings (SSSR count). The Morgan fingerprint density at radius 2 is 1.49 bits per heavy atom. The van der Waals surface area contributed by atoms with Crippen molar-refractivity contribution < 1.29 is 42.3 Å². The van der Waals surface area contributed by atoms with Crippen LogP contribution in [0.5, 0.6) is 0 Å².